The summed E-state index contributed by atoms with van der Waals surface area (Å²) in [7, 11) is 0. The van der Waals surface area contributed by atoms with E-state index in [1.807, 2.05) is 30.3 Å². The van der Waals surface area contributed by atoms with Gasteiger partial charge in [0.2, 0.25) is 29.5 Å². The normalized spacial score (nSPS) is 19.4. The summed E-state index contributed by atoms with van der Waals surface area (Å²) < 4.78 is 14.0. The SMILES string of the molecule is O=C1CCC(=O)N[C@H](CCc2ccccc2)C(=O)N[C@@H](Cc2ccc(-c3cccc(F)c3)cc2)C(=O)N[C@H](Cc2ccccc2)C(=O)N[C@H](C(=O)O)Cc2ccc(cc2)N1. The lowest BCUT2D eigenvalue weighted by molar-refractivity contribution is -0.142. The fourth-order valence-electron chi connectivity index (χ4n) is 6.92. The van der Waals surface area contributed by atoms with E-state index in [9.17, 15) is 38.3 Å². The minimum absolute atomic E-state index is 0.00208. The molecule has 6 N–H and O–H groups in total. The van der Waals surface area contributed by atoms with E-state index < -0.39 is 65.5 Å². The van der Waals surface area contributed by atoms with Crippen molar-refractivity contribution in [2.75, 3.05) is 5.32 Å². The smallest absolute Gasteiger partial charge is 0.326 e. The van der Waals surface area contributed by atoms with E-state index in [0.717, 1.165) is 11.1 Å². The minimum Gasteiger partial charge on any atom is -0.480 e. The minimum atomic E-state index is -1.38. The van der Waals surface area contributed by atoms with Gasteiger partial charge in [0.1, 0.15) is 30.0 Å². The van der Waals surface area contributed by atoms with E-state index in [1.165, 1.54) is 12.1 Å². The van der Waals surface area contributed by atoms with Gasteiger partial charge in [-0.25, -0.2) is 9.18 Å². The van der Waals surface area contributed by atoms with Crippen molar-refractivity contribution < 1.29 is 38.3 Å². The van der Waals surface area contributed by atoms with Crippen molar-refractivity contribution in [1.82, 2.24) is 21.3 Å². The summed E-state index contributed by atoms with van der Waals surface area (Å²) in [4.78, 5) is 81.3. The van der Waals surface area contributed by atoms with Gasteiger partial charge >= 0.3 is 5.97 Å². The number of hydrogen-bond donors (Lipinski definition) is 6. The van der Waals surface area contributed by atoms with Gasteiger partial charge in [0.05, 0.1) is 0 Å². The lowest BCUT2D eigenvalue weighted by Gasteiger charge is -2.26. The molecule has 0 saturated heterocycles. The first-order valence-electron chi connectivity index (χ1n) is 19.7. The first-order valence-corrected chi connectivity index (χ1v) is 19.7. The quantitative estimate of drug-likeness (QED) is 0.114. The summed E-state index contributed by atoms with van der Waals surface area (Å²) in [5, 5.41) is 23.8. The number of anilines is 1. The molecule has 0 saturated carbocycles. The van der Waals surface area contributed by atoms with Crippen molar-refractivity contribution in [3.8, 4) is 11.1 Å². The Morgan fingerprint density at radius 2 is 1.13 bits per heavy atom. The maximum absolute atomic E-state index is 14.4. The molecule has 2 aliphatic rings. The number of carboxylic acids is 1. The number of benzene rings is 5. The van der Waals surface area contributed by atoms with Gasteiger partial charge in [-0.05, 0) is 70.5 Å². The van der Waals surface area contributed by atoms with Crippen LogP contribution in [0.4, 0.5) is 10.1 Å². The molecule has 0 unspecified atom stereocenters. The van der Waals surface area contributed by atoms with E-state index in [4.69, 9.17) is 0 Å². The molecule has 0 spiro atoms. The van der Waals surface area contributed by atoms with Gasteiger partial charge in [0.15, 0.2) is 0 Å². The van der Waals surface area contributed by atoms with Crippen molar-refractivity contribution in [1.29, 1.82) is 0 Å². The van der Waals surface area contributed by atoms with Gasteiger partial charge in [0.25, 0.3) is 0 Å². The third-order valence-corrected chi connectivity index (χ3v) is 10.2. The fourth-order valence-corrected chi connectivity index (χ4v) is 6.92. The average molecular weight is 812 g/mol. The zero-order valence-corrected chi connectivity index (χ0v) is 32.7. The Labute approximate surface area is 347 Å². The van der Waals surface area contributed by atoms with E-state index in [2.05, 4.69) is 26.6 Å². The third kappa shape index (κ3) is 12.4. The number of carbonyl (C=O) groups excluding carboxylic acids is 5. The fraction of sp³-hybridized carbons (Fsp3) is 0.234. The monoisotopic (exact) mass is 811 g/mol. The van der Waals surface area contributed by atoms with Gasteiger partial charge in [0, 0.05) is 37.8 Å². The van der Waals surface area contributed by atoms with Crippen molar-refractivity contribution in [2.24, 2.45) is 0 Å². The molecule has 12 nitrogen and oxygen atoms in total. The third-order valence-electron chi connectivity index (χ3n) is 10.2. The summed E-state index contributed by atoms with van der Waals surface area (Å²) in [6.45, 7) is 0. The molecule has 0 aromatic heterocycles. The van der Waals surface area contributed by atoms with Crippen LogP contribution in [0.1, 0.15) is 41.5 Å². The average Bonchev–Trinajstić information content (AvgIpc) is 3.25. The molecule has 7 rings (SSSR count). The Balaban J connectivity index is 1.34. The number of carbonyl (C=O) groups is 6. The highest BCUT2D eigenvalue weighted by molar-refractivity contribution is 5.96. The number of hydrogen-bond acceptors (Lipinski definition) is 6. The molecule has 2 aliphatic heterocycles. The molecule has 4 atom stereocenters. The van der Waals surface area contributed by atoms with Gasteiger partial charge in [-0.15, -0.1) is 0 Å². The second kappa shape index (κ2) is 20.5. The van der Waals surface area contributed by atoms with Gasteiger partial charge in [-0.3, -0.25) is 24.0 Å². The van der Waals surface area contributed by atoms with Crippen LogP contribution in [0.3, 0.4) is 0 Å². The molecule has 5 aromatic rings. The molecule has 308 valence electrons. The number of halogens is 1. The van der Waals surface area contributed by atoms with E-state index >= 15 is 0 Å². The van der Waals surface area contributed by atoms with Gasteiger partial charge in [-0.1, -0.05) is 109 Å². The lowest BCUT2D eigenvalue weighted by Crippen LogP contribution is -2.59. The zero-order chi connectivity index (χ0) is 42.4. The van der Waals surface area contributed by atoms with Crippen molar-refractivity contribution >= 4 is 41.2 Å². The Morgan fingerprint density at radius 3 is 1.75 bits per heavy atom. The number of nitrogens with one attached hydrogen (secondary N) is 5. The van der Waals surface area contributed by atoms with E-state index in [1.54, 1.807) is 91.0 Å². The number of rotatable bonds is 9. The molecule has 0 radical (unpaired) electrons. The number of fused-ring (bicyclic) bond motifs is 18. The summed E-state index contributed by atoms with van der Waals surface area (Å²) in [6.07, 6.45) is -0.00453. The highest BCUT2D eigenvalue weighted by Crippen LogP contribution is 2.22. The predicted octanol–water partition coefficient (Wildman–Crippen LogP) is 4.91. The standard InChI is InChI=1S/C47H46FN5O7/c48-36-13-7-12-35(29-36)34-19-14-32(15-20-34)27-40-45(57)52-39(26-31-10-5-2-6-11-31)46(58)53-41(47(59)60)28-33-16-21-37(22-17-33)49-42(54)24-25-43(55)50-38(44(56)51-40)23-18-30-8-3-1-4-9-30/h1-17,19-22,29,38-41H,18,23-28H2,(H,49,54)(H,50,55)(H,51,56)(H,52,57)(H,53,58)(H,59,60)/t38-,39-,40+,41+/m1/s1. The number of amides is 5. The Hall–Kier alpha value is -7.15. The van der Waals surface area contributed by atoms with Crippen LogP contribution < -0.4 is 26.6 Å². The van der Waals surface area contributed by atoms with Crippen molar-refractivity contribution in [2.45, 2.75) is 69.1 Å². The zero-order valence-electron chi connectivity index (χ0n) is 32.7. The van der Waals surface area contributed by atoms with Crippen molar-refractivity contribution in [3.63, 3.8) is 0 Å². The first kappa shape index (κ1) is 42.5. The molecular weight excluding hydrogens is 766 g/mol. The number of carboxylic acid groups (broad SMARTS) is 1. The predicted molar refractivity (Wildman–Crippen MR) is 224 cm³/mol. The summed E-state index contributed by atoms with van der Waals surface area (Å²) in [5.41, 5.74) is 4.57. The summed E-state index contributed by atoms with van der Waals surface area (Å²) >= 11 is 0. The Morgan fingerprint density at radius 1 is 0.567 bits per heavy atom. The molecule has 2 heterocycles. The topological polar surface area (TPSA) is 183 Å². The van der Waals surface area contributed by atoms with Crippen LogP contribution >= 0.6 is 0 Å². The summed E-state index contributed by atoms with van der Waals surface area (Å²) in [5.74, 6) is -4.84. The second-order valence-corrected chi connectivity index (χ2v) is 14.7. The van der Waals surface area contributed by atoms with Crippen LogP contribution in [0.5, 0.6) is 0 Å². The van der Waals surface area contributed by atoms with E-state index in [0.29, 0.717) is 34.4 Å². The van der Waals surface area contributed by atoms with Crippen LogP contribution in [0, 0.1) is 5.82 Å². The number of aryl methyl sites for hydroxylation is 1. The molecule has 60 heavy (non-hydrogen) atoms. The van der Waals surface area contributed by atoms with Crippen LogP contribution in [-0.4, -0.2) is 64.8 Å². The van der Waals surface area contributed by atoms with Gasteiger partial charge < -0.3 is 31.7 Å². The van der Waals surface area contributed by atoms with Crippen LogP contribution in [0.2, 0.25) is 0 Å². The van der Waals surface area contributed by atoms with Crippen LogP contribution in [0.25, 0.3) is 11.1 Å². The molecule has 0 aliphatic carbocycles. The Kier molecular flexibility index (Phi) is 14.5. The molecular formula is C47H46FN5O7. The maximum atomic E-state index is 14.4. The molecule has 2 bridgehead atoms. The highest BCUT2D eigenvalue weighted by Gasteiger charge is 2.32. The molecule has 5 aromatic carbocycles. The van der Waals surface area contributed by atoms with Gasteiger partial charge in [-0.2, -0.15) is 0 Å². The summed E-state index contributed by atoms with van der Waals surface area (Å²) in [6, 6.07) is 32.8. The second-order valence-electron chi connectivity index (χ2n) is 14.7. The highest BCUT2D eigenvalue weighted by atomic mass is 19.1. The van der Waals surface area contributed by atoms with E-state index in [-0.39, 0.29) is 38.5 Å². The largest absolute Gasteiger partial charge is 0.480 e. The molecule has 13 heteroatoms. The van der Waals surface area contributed by atoms with Crippen molar-refractivity contribution in [3.05, 3.63) is 162 Å². The van der Waals surface area contributed by atoms with Crippen LogP contribution in [-0.2, 0) is 54.5 Å². The Bertz CT molecular complexity index is 2290. The number of aliphatic carboxylic acids is 1. The maximum Gasteiger partial charge on any atom is 0.326 e. The lowest BCUT2D eigenvalue weighted by atomic mass is 9.98. The van der Waals surface area contributed by atoms with Crippen LogP contribution in [0.15, 0.2) is 133 Å². The molecule has 0 fully saturated rings. The first-order chi connectivity index (χ1) is 29.0. The molecule has 5 amide bonds.